The highest BCUT2D eigenvalue weighted by molar-refractivity contribution is 5.29. The maximum Gasteiger partial charge on any atom is 0.0756 e. The van der Waals surface area contributed by atoms with Crippen LogP contribution in [0, 0.1) is 13.8 Å². The van der Waals surface area contributed by atoms with Crippen LogP contribution in [0.1, 0.15) is 35.3 Å². The Morgan fingerprint density at radius 3 is 2.42 bits per heavy atom. The smallest absolute Gasteiger partial charge is 0.0756 e. The molecular weight excluding hydrogens is 236 g/mol. The van der Waals surface area contributed by atoms with Crippen molar-refractivity contribution in [2.24, 2.45) is 7.05 Å². The van der Waals surface area contributed by atoms with Crippen molar-refractivity contribution in [3.05, 3.63) is 46.8 Å². The van der Waals surface area contributed by atoms with Crippen LogP contribution in [0.2, 0.25) is 0 Å². The van der Waals surface area contributed by atoms with Gasteiger partial charge < -0.3 is 5.32 Å². The minimum absolute atomic E-state index is 0.256. The first-order valence-electron chi connectivity index (χ1n) is 6.75. The average Bonchev–Trinajstić information content (AvgIpc) is 2.73. The third-order valence-electron chi connectivity index (χ3n) is 3.28. The molecule has 1 aromatic carbocycles. The minimum atomic E-state index is 0.256. The molecule has 1 aromatic heterocycles. The molecule has 0 aliphatic heterocycles. The van der Waals surface area contributed by atoms with E-state index in [1.165, 1.54) is 16.7 Å². The normalized spacial score (nSPS) is 12.6. The summed E-state index contributed by atoms with van der Waals surface area (Å²) in [7, 11) is 1.94. The maximum absolute atomic E-state index is 4.02. The Labute approximate surface area is 114 Å². The summed E-state index contributed by atoms with van der Waals surface area (Å²) in [6.45, 7) is 7.34. The first kappa shape index (κ1) is 13.7. The number of benzene rings is 1. The molecule has 0 aliphatic rings. The molecule has 102 valence electrons. The Hall–Kier alpha value is -1.68. The molecule has 2 rings (SSSR count). The van der Waals surface area contributed by atoms with Crippen molar-refractivity contribution < 1.29 is 0 Å². The summed E-state index contributed by atoms with van der Waals surface area (Å²) in [4.78, 5) is 0. The van der Waals surface area contributed by atoms with Gasteiger partial charge in [-0.25, -0.2) is 0 Å². The molecule has 1 unspecified atom stereocenters. The summed E-state index contributed by atoms with van der Waals surface area (Å²) in [5.41, 5.74) is 5.10. The van der Waals surface area contributed by atoms with Gasteiger partial charge in [0, 0.05) is 7.05 Å². The lowest BCUT2D eigenvalue weighted by molar-refractivity contribution is 0.506. The van der Waals surface area contributed by atoms with E-state index in [2.05, 4.69) is 54.6 Å². The second-order valence-electron chi connectivity index (χ2n) is 5.09. The molecule has 1 N–H and O–H groups in total. The summed E-state index contributed by atoms with van der Waals surface area (Å²) < 4.78 is 1.84. The number of aryl methyl sites for hydroxylation is 3. The Morgan fingerprint density at radius 1 is 1.21 bits per heavy atom. The Balaban J connectivity index is 2.23. The van der Waals surface area contributed by atoms with Crippen molar-refractivity contribution in [2.45, 2.75) is 33.2 Å². The van der Waals surface area contributed by atoms with Gasteiger partial charge in [-0.2, -0.15) is 0 Å². The molecule has 0 spiro atoms. The molecule has 0 radical (unpaired) electrons. The largest absolute Gasteiger partial charge is 0.309 e. The molecule has 4 nitrogen and oxygen atoms in total. The zero-order chi connectivity index (χ0) is 13.8. The zero-order valence-corrected chi connectivity index (χ0v) is 12.1. The first-order chi connectivity index (χ1) is 9.10. The van der Waals surface area contributed by atoms with Gasteiger partial charge in [0.25, 0.3) is 0 Å². The second-order valence-corrected chi connectivity index (χ2v) is 5.09. The third kappa shape index (κ3) is 3.41. The summed E-state index contributed by atoms with van der Waals surface area (Å²) >= 11 is 0. The second kappa shape index (κ2) is 5.97. The standard InChI is InChI=1S/C15H22N4/c1-5-16-14(15-10-17-18-19(15)4)9-13-7-11(2)6-12(3)8-13/h6-8,10,14,16H,5,9H2,1-4H3. The van der Waals surface area contributed by atoms with Crippen LogP contribution in [0.3, 0.4) is 0 Å². The van der Waals surface area contributed by atoms with Crippen molar-refractivity contribution in [3.63, 3.8) is 0 Å². The van der Waals surface area contributed by atoms with Crippen molar-refractivity contribution >= 4 is 0 Å². The molecule has 0 fully saturated rings. The number of hydrogen-bond donors (Lipinski definition) is 1. The summed E-state index contributed by atoms with van der Waals surface area (Å²) in [5, 5.41) is 11.5. The molecule has 19 heavy (non-hydrogen) atoms. The van der Waals surface area contributed by atoms with E-state index >= 15 is 0 Å². The molecule has 0 saturated heterocycles. The van der Waals surface area contributed by atoms with Crippen LogP contribution >= 0.6 is 0 Å². The van der Waals surface area contributed by atoms with Crippen LogP contribution in [0.15, 0.2) is 24.4 Å². The molecule has 1 atom stereocenters. The lowest BCUT2D eigenvalue weighted by Gasteiger charge is -2.18. The van der Waals surface area contributed by atoms with Gasteiger partial charge in [0.2, 0.25) is 0 Å². The van der Waals surface area contributed by atoms with Gasteiger partial charge in [-0.15, -0.1) is 5.10 Å². The fraction of sp³-hybridized carbons (Fsp3) is 0.467. The van der Waals surface area contributed by atoms with E-state index in [9.17, 15) is 0 Å². The van der Waals surface area contributed by atoms with Crippen LogP contribution in [0.25, 0.3) is 0 Å². The molecule has 0 aliphatic carbocycles. The van der Waals surface area contributed by atoms with Crippen LogP contribution in [-0.4, -0.2) is 21.5 Å². The fourth-order valence-corrected chi connectivity index (χ4v) is 2.56. The van der Waals surface area contributed by atoms with Crippen molar-refractivity contribution in [3.8, 4) is 0 Å². The lowest BCUT2D eigenvalue weighted by Crippen LogP contribution is -2.25. The molecule has 1 heterocycles. The summed E-state index contributed by atoms with van der Waals surface area (Å²) in [6.07, 6.45) is 2.80. The number of nitrogens with zero attached hydrogens (tertiary/aromatic N) is 3. The Bertz CT molecular complexity index is 525. The number of likely N-dealkylation sites (N-methyl/N-ethyl adjacent to an activating group) is 1. The highest BCUT2D eigenvalue weighted by Crippen LogP contribution is 2.19. The van der Waals surface area contributed by atoms with Crippen molar-refractivity contribution in [1.29, 1.82) is 0 Å². The maximum atomic E-state index is 4.02. The first-order valence-corrected chi connectivity index (χ1v) is 6.75. The minimum Gasteiger partial charge on any atom is -0.309 e. The topological polar surface area (TPSA) is 42.7 Å². The molecule has 0 amide bonds. The molecule has 4 heteroatoms. The van der Waals surface area contributed by atoms with E-state index in [0.29, 0.717) is 0 Å². The fourth-order valence-electron chi connectivity index (χ4n) is 2.56. The van der Waals surface area contributed by atoms with E-state index in [4.69, 9.17) is 0 Å². The molecule has 2 aromatic rings. The zero-order valence-electron chi connectivity index (χ0n) is 12.1. The molecular formula is C15H22N4. The molecule has 0 saturated carbocycles. The van der Waals surface area contributed by atoms with E-state index < -0.39 is 0 Å². The quantitative estimate of drug-likeness (QED) is 0.895. The SMILES string of the molecule is CCNC(Cc1cc(C)cc(C)c1)c1cnnn1C. The van der Waals surface area contributed by atoms with E-state index in [1.807, 2.05) is 17.9 Å². The number of hydrogen-bond acceptors (Lipinski definition) is 3. The average molecular weight is 258 g/mol. The lowest BCUT2D eigenvalue weighted by atomic mass is 9.99. The Morgan fingerprint density at radius 2 is 1.89 bits per heavy atom. The van der Waals surface area contributed by atoms with Gasteiger partial charge in [-0.3, -0.25) is 4.68 Å². The van der Waals surface area contributed by atoms with Gasteiger partial charge >= 0.3 is 0 Å². The number of nitrogens with one attached hydrogen (secondary N) is 1. The summed E-state index contributed by atoms with van der Waals surface area (Å²) in [6, 6.07) is 6.96. The van der Waals surface area contributed by atoms with Crippen LogP contribution in [0.5, 0.6) is 0 Å². The van der Waals surface area contributed by atoms with E-state index in [-0.39, 0.29) is 6.04 Å². The van der Waals surface area contributed by atoms with Gasteiger partial charge in [0.1, 0.15) is 0 Å². The van der Waals surface area contributed by atoms with Crippen LogP contribution < -0.4 is 5.32 Å². The Kier molecular flexibility index (Phi) is 4.32. The van der Waals surface area contributed by atoms with Gasteiger partial charge in [0.05, 0.1) is 17.9 Å². The van der Waals surface area contributed by atoms with Gasteiger partial charge in [-0.1, -0.05) is 41.5 Å². The molecule has 0 bridgehead atoms. The van der Waals surface area contributed by atoms with Gasteiger partial charge in [-0.05, 0) is 32.4 Å². The highest BCUT2D eigenvalue weighted by Gasteiger charge is 2.15. The van der Waals surface area contributed by atoms with Crippen molar-refractivity contribution in [1.82, 2.24) is 20.3 Å². The predicted octanol–water partition coefficient (Wildman–Crippen LogP) is 2.33. The van der Waals surface area contributed by atoms with E-state index in [0.717, 1.165) is 18.7 Å². The number of aromatic nitrogens is 3. The predicted molar refractivity (Wildman–Crippen MR) is 77.0 cm³/mol. The van der Waals surface area contributed by atoms with Gasteiger partial charge in [0.15, 0.2) is 0 Å². The highest BCUT2D eigenvalue weighted by atomic mass is 15.4. The van der Waals surface area contributed by atoms with Crippen LogP contribution in [0.4, 0.5) is 0 Å². The third-order valence-corrected chi connectivity index (χ3v) is 3.28. The van der Waals surface area contributed by atoms with Crippen LogP contribution in [-0.2, 0) is 13.5 Å². The van der Waals surface area contributed by atoms with E-state index in [1.54, 1.807) is 0 Å². The van der Waals surface area contributed by atoms with Crippen molar-refractivity contribution in [2.75, 3.05) is 6.54 Å². The summed E-state index contributed by atoms with van der Waals surface area (Å²) in [5.74, 6) is 0. The monoisotopic (exact) mass is 258 g/mol. The number of rotatable bonds is 5.